The van der Waals surface area contributed by atoms with Crippen molar-refractivity contribution in [2.24, 2.45) is 23.2 Å². The van der Waals surface area contributed by atoms with Gasteiger partial charge in [-0.2, -0.15) is 4.31 Å². The van der Waals surface area contributed by atoms with Crippen molar-refractivity contribution in [2.45, 2.75) is 69.1 Å². The summed E-state index contributed by atoms with van der Waals surface area (Å²) in [6, 6.07) is 5.50. The highest BCUT2D eigenvalue weighted by Crippen LogP contribution is 2.61. The number of carbonyl (C=O) groups excluding carboxylic acids is 1. The lowest BCUT2D eigenvalue weighted by Crippen LogP contribution is -2.55. The lowest BCUT2D eigenvalue weighted by molar-refractivity contribution is -0.143. The van der Waals surface area contributed by atoms with Crippen molar-refractivity contribution in [3.63, 3.8) is 0 Å². The second kappa shape index (κ2) is 6.80. The molecule has 0 N–H and O–H groups in total. The third kappa shape index (κ3) is 2.89. The maximum Gasteiger partial charge on any atom is 0.243 e. The van der Waals surface area contributed by atoms with E-state index in [1.807, 2.05) is 17.0 Å². The molecule has 4 saturated carbocycles. The maximum atomic E-state index is 13.9. The van der Waals surface area contributed by atoms with Crippen LogP contribution in [0.25, 0.3) is 0 Å². The molecule has 0 aromatic heterocycles. The van der Waals surface area contributed by atoms with Gasteiger partial charge in [-0.15, -0.1) is 0 Å². The molecule has 6 aliphatic rings. The number of hydrogen-bond donors (Lipinski definition) is 0. The van der Waals surface area contributed by atoms with Crippen molar-refractivity contribution < 1.29 is 13.2 Å². The molecule has 2 heterocycles. The van der Waals surface area contributed by atoms with Gasteiger partial charge in [0.2, 0.25) is 15.9 Å². The minimum absolute atomic E-state index is 0.149. The van der Waals surface area contributed by atoms with Crippen molar-refractivity contribution in [3.8, 4) is 0 Å². The lowest BCUT2D eigenvalue weighted by atomic mass is 9.49. The van der Waals surface area contributed by atoms with Gasteiger partial charge >= 0.3 is 0 Å². The van der Waals surface area contributed by atoms with Crippen LogP contribution in [0.1, 0.15) is 63.4 Å². The fourth-order valence-corrected chi connectivity index (χ4v) is 9.25. The minimum atomic E-state index is -3.42. The molecule has 4 aliphatic carbocycles. The predicted molar refractivity (Wildman–Crippen MR) is 116 cm³/mol. The summed E-state index contributed by atoms with van der Waals surface area (Å²) in [6.07, 6.45) is 10.9. The molecule has 1 saturated heterocycles. The summed E-state index contributed by atoms with van der Waals surface area (Å²) in [4.78, 5) is 16.3. The molecule has 1 amide bonds. The highest BCUT2D eigenvalue weighted by Gasteiger charge is 2.56. The molecule has 30 heavy (non-hydrogen) atoms. The Morgan fingerprint density at radius 1 is 0.900 bits per heavy atom. The number of fused-ring (bicyclic) bond motifs is 1. The number of rotatable bonds is 3. The van der Waals surface area contributed by atoms with Crippen LogP contribution in [0.2, 0.25) is 0 Å². The van der Waals surface area contributed by atoms with Gasteiger partial charge in [-0.25, -0.2) is 8.42 Å². The molecule has 7 rings (SSSR count). The molecule has 1 aromatic rings. The standard InChI is InChI=1S/C24H32N2O3S/c27-23(24-14-17-10-18(15-24)12-19(11-17)16-24)26-9-3-4-20-13-21(5-6-22(20)26)30(28,29)25-7-1-2-8-25/h5-6,13,17-19H,1-4,7-12,14-16H2. The van der Waals surface area contributed by atoms with Crippen LogP contribution in [0, 0.1) is 23.2 Å². The number of nitrogens with zero attached hydrogens (tertiary/aromatic N) is 2. The van der Waals surface area contributed by atoms with Gasteiger partial charge in [-0.05, 0) is 106 Å². The van der Waals surface area contributed by atoms with E-state index in [2.05, 4.69) is 0 Å². The first-order chi connectivity index (χ1) is 14.4. The normalized spacial score (nSPS) is 35.6. The van der Waals surface area contributed by atoms with Crippen LogP contribution in [-0.2, 0) is 21.2 Å². The number of carbonyl (C=O) groups is 1. The largest absolute Gasteiger partial charge is 0.312 e. The van der Waals surface area contributed by atoms with Crippen molar-refractivity contribution >= 4 is 21.6 Å². The van der Waals surface area contributed by atoms with Gasteiger partial charge in [0.25, 0.3) is 0 Å². The van der Waals surface area contributed by atoms with E-state index < -0.39 is 10.0 Å². The van der Waals surface area contributed by atoms with Crippen LogP contribution >= 0.6 is 0 Å². The molecule has 5 nitrogen and oxygen atoms in total. The van der Waals surface area contributed by atoms with E-state index in [0.717, 1.165) is 80.5 Å². The molecule has 6 heteroatoms. The van der Waals surface area contributed by atoms with E-state index in [1.165, 1.54) is 19.3 Å². The Morgan fingerprint density at radius 2 is 1.53 bits per heavy atom. The minimum Gasteiger partial charge on any atom is -0.312 e. The van der Waals surface area contributed by atoms with Crippen molar-refractivity contribution in [1.82, 2.24) is 4.31 Å². The SMILES string of the molecule is O=C(N1CCCc2cc(S(=O)(=O)N3CCCC3)ccc21)C12CC3CC(CC(C3)C1)C2. The van der Waals surface area contributed by atoms with Gasteiger partial charge in [-0.3, -0.25) is 4.79 Å². The second-order valence-electron chi connectivity index (χ2n) is 10.7. The Balaban J connectivity index is 1.31. The van der Waals surface area contributed by atoms with E-state index >= 15 is 0 Å². The summed E-state index contributed by atoms with van der Waals surface area (Å²) >= 11 is 0. The molecule has 5 fully saturated rings. The van der Waals surface area contributed by atoms with Crippen LogP contribution in [0.5, 0.6) is 0 Å². The van der Waals surface area contributed by atoms with Crippen LogP contribution in [0.15, 0.2) is 23.1 Å². The fraction of sp³-hybridized carbons (Fsp3) is 0.708. The average Bonchev–Trinajstić information content (AvgIpc) is 3.27. The van der Waals surface area contributed by atoms with E-state index in [4.69, 9.17) is 0 Å². The number of aryl methyl sites for hydroxylation is 1. The Bertz CT molecular complexity index is 945. The Kier molecular flexibility index (Phi) is 4.37. The number of anilines is 1. The summed E-state index contributed by atoms with van der Waals surface area (Å²) < 4.78 is 27.6. The summed E-state index contributed by atoms with van der Waals surface area (Å²) in [5.74, 6) is 2.57. The van der Waals surface area contributed by atoms with Gasteiger partial charge in [0, 0.05) is 25.3 Å². The van der Waals surface area contributed by atoms with Crippen LogP contribution in [-0.4, -0.2) is 38.3 Å². The summed E-state index contributed by atoms with van der Waals surface area (Å²) in [6.45, 7) is 2.01. The monoisotopic (exact) mass is 428 g/mol. The van der Waals surface area contributed by atoms with Crippen molar-refractivity contribution in [1.29, 1.82) is 0 Å². The lowest BCUT2D eigenvalue weighted by Gasteiger charge is -2.56. The third-order valence-corrected chi connectivity index (χ3v) is 10.5. The van der Waals surface area contributed by atoms with Gasteiger partial charge in [0.15, 0.2) is 0 Å². The van der Waals surface area contributed by atoms with Gasteiger partial charge in [-0.1, -0.05) is 0 Å². The first-order valence-electron chi connectivity index (χ1n) is 11.9. The zero-order chi connectivity index (χ0) is 20.5. The molecule has 1 aromatic carbocycles. The van der Waals surface area contributed by atoms with Gasteiger partial charge < -0.3 is 4.90 Å². The summed E-state index contributed by atoms with van der Waals surface area (Å²) in [5, 5.41) is 0. The topological polar surface area (TPSA) is 57.7 Å². The number of sulfonamides is 1. The van der Waals surface area contributed by atoms with E-state index in [1.54, 1.807) is 10.4 Å². The molecule has 0 unspecified atom stereocenters. The number of benzene rings is 1. The van der Waals surface area contributed by atoms with Crippen LogP contribution in [0.4, 0.5) is 5.69 Å². The Labute approximate surface area is 179 Å². The first kappa shape index (κ1) is 19.3. The number of hydrogen-bond acceptors (Lipinski definition) is 3. The molecule has 162 valence electrons. The fourth-order valence-electron chi connectivity index (χ4n) is 7.68. The maximum absolute atomic E-state index is 13.9. The van der Waals surface area contributed by atoms with E-state index in [0.29, 0.717) is 23.9 Å². The van der Waals surface area contributed by atoms with Crippen molar-refractivity contribution in [2.75, 3.05) is 24.5 Å². The molecule has 0 atom stereocenters. The summed E-state index contributed by atoms with van der Waals surface area (Å²) in [5.41, 5.74) is 1.84. The van der Waals surface area contributed by atoms with Crippen LogP contribution in [0.3, 0.4) is 0 Å². The first-order valence-corrected chi connectivity index (χ1v) is 13.3. The van der Waals surface area contributed by atoms with Crippen molar-refractivity contribution in [3.05, 3.63) is 23.8 Å². The highest BCUT2D eigenvalue weighted by atomic mass is 32.2. The Morgan fingerprint density at radius 3 is 2.17 bits per heavy atom. The summed E-state index contributed by atoms with van der Waals surface area (Å²) in [7, 11) is -3.42. The quantitative estimate of drug-likeness (QED) is 0.732. The van der Waals surface area contributed by atoms with Crippen LogP contribution < -0.4 is 4.90 Å². The second-order valence-corrected chi connectivity index (χ2v) is 12.6. The smallest absolute Gasteiger partial charge is 0.243 e. The zero-order valence-corrected chi connectivity index (χ0v) is 18.5. The average molecular weight is 429 g/mol. The molecule has 2 aliphatic heterocycles. The molecular weight excluding hydrogens is 396 g/mol. The van der Waals surface area contributed by atoms with Gasteiger partial charge in [0.05, 0.1) is 10.3 Å². The van der Waals surface area contributed by atoms with Gasteiger partial charge in [0.1, 0.15) is 0 Å². The molecule has 0 radical (unpaired) electrons. The zero-order valence-electron chi connectivity index (χ0n) is 17.7. The third-order valence-electron chi connectivity index (χ3n) is 8.61. The van der Waals surface area contributed by atoms with E-state index in [9.17, 15) is 13.2 Å². The molecule has 4 bridgehead atoms. The molecular formula is C24H32N2O3S. The number of amides is 1. The Hall–Kier alpha value is -1.40. The molecule has 0 spiro atoms. The van der Waals surface area contributed by atoms with E-state index in [-0.39, 0.29) is 5.41 Å². The predicted octanol–water partition coefficient (Wildman–Crippen LogP) is 3.97. The highest BCUT2D eigenvalue weighted by molar-refractivity contribution is 7.89.